The van der Waals surface area contributed by atoms with E-state index in [0.717, 1.165) is 17.8 Å². The van der Waals surface area contributed by atoms with Gasteiger partial charge in [0.15, 0.2) is 0 Å². The highest BCUT2D eigenvalue weighted by Crippen LogP contribution is 2.10. The summed E-state index contributed by atoms with van der Waals surface area (Å²) in [5, 5.41) is 6.12. The zero-order chi connectivity index (χ0) is 12.7. The van der Waals surface area contributed by atoms with Gasteiger partial charge in [0.05, 0.1) is 0 Å². The molecule has 0 bridgehead atoms. The first-order valence-corrected chi connectivity index (χ1v) is 6.00. The predicted molar refractivity (Wildman–Crippen MR) is 69.9 cm³/mol. The first-order valence-electron chi connectivity index (χ1n) is 6.00. The second-order valence-electron chi connectivity index (χ2n) is 4.57. The van der Waals surface area contributed by atoms with E-state index in [9.17, 15) is 4.79 Å². The summed E-state index contributed by atoms with van der Waals surface area (Å²) in [4.78, 5) is 15.5. The first-order chi connectivity index (χ1) is 8.09. The minimum absolute atomic E-state index is 0.0953. The Morgan fingerprint density at radius 1 is 1.47 bits per heavy atom. The molecule has 0 aliphatic rings. The van der Waals surface area contributed by atoms with Crippen molar-refractivity contribution in [1.29, 1.82) is 0 Å². The lowest BCUT2D eigenvalue weighted by Gasteiger charge is -2.10. The van der Waals surface area contributed by atoms with Crippen molar-refractivity contribution in [1.82, 2.24) is 10.3 Å². The maximum Gasteiger partial charge on any atom is 0.221 e. The molecule has 1 heterocycles. The molecule has 1 amide bonds. The molecule has 0 saturated heterocycles. The fourth-order valence-electron chi connectivity index (χ4n) is 1.39. The molecule has 0 saturated carbocycles. The average molecular weight is 235 g/mol. The molecule has 2 N–H and O–H groups in total. The van der Waals surface area contributed by atoms with Crippen LogP contribution < -0.4 is 10.6 Å². The van der Waals surface area contributed by atoms with Crippen LogP contribution in [0.1, 0.15) is 25.8 Å². The molecule has 0 aliphatic carbocycles. The highest BCUT2D eigenvalue weighted by atomic mass is 16.1. The topological polar surface area (TPSA) is 54.0 Å². The summed E-state index contributed by atoms with van der Waals surface area (Å²) in [6.45, 7) is 7.55. The van der Waals surface area contributed by atoms with Gasteiger partial charge in [-0.2, -0.15) is 0 Å². The fourth-order valence-corrected chi connectivity index (χ4v) is 1.39. The van der Waals surface area contributed by atoms with E-state index in [2.05, 4.69) is 29.5 Å². The number of nitrogens with zero attached hydrogens (tertiary/aromatic N) is 1. The Kier molecular flexibility index (Phi) is 5.46. The molecular weight excluding hydrogens is 214 g/mol. The van der Waals surface area contributed by atoms with Crippen LogP contribution in [0.3, 0.4) is 0 Å². The van der Waals surface area contributed by atoms with Crippen LogP contribution in [-0.4, -0.2) is 24.0 Å². The molecule has 0 aromatic carbocycles. The zero-order valence-electron chi connectivity index (χ0n) is 10.8. The summed E-state index contributed by atoms with van der Waals surface area (Å²) in [5.41, 5.74) is 2.13. The number of carbonyl (C=O) groups excluding carboxylic acids is 1. The van der Waals surface area contributed by atoms with E-state index in [1.165, 1.54) is 0 Å². The predicted octanol–water partition coefficient (Wildman–Crippen LogP) is 1.96. The van der Waals surface area contributed by atoms with Crippen LogP contribution in [0.2, 0.25) is 0 Å². The Balaban J connectivity index is 2.24. The van der Waals surface area contributed by atoms with Crippen molar-refractivity contribution >= 4 is 11.6 Å². The van der Waals surface area contributed by atoms with Crippen LogP contribution in [-0.2, 0) is 4.79 Å². The molecule has 0 unspecified atom stereocenters. The van der Waals surface area contributed by atoms with Crippen molar-refractivity contribution in [3.8, 4) is 0 Å². The summed E-state index contributed by atoms with van der Waals surface area (Å²) in [5.74, 6) is 0.590. The van der Waals surface area contributed by atoms with Gasteiger partial charge in [-0.05, 0) is 24.5 Å². The number of rotatable bonds is 6. The maximum atomic E-state index is 11.5. The van der Waals surface area contributed by atoms with E-state index in [-0.39, 0.29) is 5.91 Å². The molecule has 0 spiro atoms. The van der Waals surface area contributed by atoms with Crippen molar-refractivity contribution in [2.45, 2.75) is 27.2 Å². The summed E-state index contributed by atoms with van der Waals surface area (Å²) in [6, 6.07) is 1.92. The lowest BCUT2D eigenvalue weighted by molar-refractivity contribution is -0.120. The van der Waals surface area contributed by atoms with Gasteiger partial charge in [-0.3, -0.25) is 9.78 Å². The Morgan fingerprint density at radius 3 is 2.88 bits per heavy atom. The van der Waals surface area contributed by atoms with Crippen molar-refractivity contribution in [2.75, 3.05) is 18.4 Å². The lowest BCUT2D eigenvalue weighted by Crippen LogP contribution is -2.28. The molecule has 4 nitrogen and oxygen atoms in total. The molecule has 0 radical (unpaired) electrons. The van der Waals surface area contributed by atoms with Crippen LogP contribution >= 0.6 is 0 Å². The van der Waals surface area contributed by atoms with Gasteiger partial charge in [-0.1, -0.05) is 13.8 Å². The minimum atomic E-state index is 0.0953. The highest BCUT2D eigenvalue weighted by molar-refractivity contribution is 5.76. The van der Waals surface area contributed by atoms with Crippen LogP contribution in [0.15, 0.2) is 18.5 Å². The zero-order valence-corrected chi connectivity index (χ0v) is 10.8. The summed E-state index contributed by atoms with van der Waals surface area (Å²) >= 11 is 0. The number of aromatic nitrogens is 1. The van der Waals surface area contributed by atoms with Gasteiger partial charge in [0.2, 0.25) is 5.91 Å². The highest BCUT2D eigenvalue weighted by Gasteiger charge is 2.02. The van der Waals surface area contributed by atoms with E-state index in [1.807, 2.05) is 13.0 Å². The number of hydrogen-bond acceptors (Lipinski definition) is 3. The van der Waals surface area contributed by atoms with Crippen molar-refractivity contribution in [3.63, 3.8) is 0 Å². The molecule has 1 aromatic heterocycles. The molecule has 0 fully saturated rings. The van der Waals surface area contributed by atoms with Gasteiger partial charge in [-0.15, -0.1) is 0 Å². The molecule has 1 rings (SSSR count). The monoisotopic (exact) mass is 235 g/mol. The Morgan fingerprint density at radius 2 is 2.24 bits per heavy atom. The number of nitrogens with one attached hydrogen (secondary N) is 2. The number of aryl methyl sites for hydroxylation is 1. The van der Waals surface area contributed by atoms with Crippen LogP contribution in [0.4, 0.5) is 5.69 Å². The van der Waals surface area contributed by atoms with E-state index in [4.69, 9.17) is 0 Å². The summed E-state index contributed by atoms with van der Waals surface area (Å²) < 4.78 is 0. The van der Waals surface area contributed by atoms with Gasteiger partial charge in [0, 0.05) is 37.6 Å². The van der Waals surface area contributed by atoms with E-state index < -0.39 is 0 Å². The Labute approximate surface area is 103 Å². The molecular formula is C13H21N3O. The fraction of sp³-hybridized carbons (Fsp3) is 0.538. The molecule has 1 aromatic rings. The van der Waals surface area contributed by atoms with Crippen molar-refractivity contribution in [2.24, 2.45) is 5.92 Å². The molecule has 0 aliphatic heterocycles. The Bertz CT molecular complexity index is 363. The van der Waals surface area contributed by atoms with Crippen molar-refractivity contribution < 1.29 is 4.79 Å². The normalized spacial score (nSPS) is 10.4. The number of carbonyl (C=O) groups is 1. The molecule has 17 heavy (non-hydrogen) atoms. The number of pyridine rings is 1. The van der Waals surface area contributed by atoms with Crippen LogP contribution in [0.5, 0.6) is 0 Å². The lowest BCUT2D eigenvalue weighted by atomic mass is 10.2. The third-order valence-electron chi connectivity index (χ3n) is 2.40. The smallest absolute Gasteiger partial charge is 0.221 e. The Hall–Kier alpha value is -1.58. The average Bonchev–Trinajstić information content (AvgIpc) is 2.29. The van der Waals surface area contributed by atoms with Gasteiger partial charge in [-0.25, -0.2) is 0 Å². The molecule has 4 heteroatoms. The third-order valence-corrected chi connectivity index (χ3v) is 2.40. The number of amides is 1. The summed E-state index contributed by atoms with van der Waals surface area (Å²) in [7, 11) is 0. The van der Waals surface area contributed by atoms with Crippen LogP contribution in [0, 0.1) is 12.8 Å². The SMILES string of the molecule is Cc1cnccc1NCCC(=O)NCC(C)C. The number of anilines is 1. The quantitative estimate of drug-likeness (QED) is 0.792. The largest absolute Gasteiger partial charge is 0.384 e. The van der Waals surface area contributed by atoms with E-state index >= 15 is 0 Å². The minimum Gasteiger partial charge on any atom is -0.384 e. The summed E-state index contributed by atoms with van der Waals surface area (Å²) in [6.07, 6.45) is 4.05. The molecule has 0 atom stereocenters. The van der Waals surface area contributed by atoms with Gasteiger partial charge in [0.25, 0.3) is 0 Å². The maximum absolute atomic E-state index is 11.5. The van der Waals surface area contributed by atoms with E-state index in [0.29, 0.717) is 18.9 Å². The van der Waals surface area contributed by atoms with Crippen molar-refractivity contribution in [3.05, 3.63) is 24.0 Å². The van der Waals surface area contributed by atoms with E-state index in [1.54, 1.807) is 12.4 Å². The third kappa shape index (κ3) is 5.33. The second kappa shape index (κ2) is 6.89. The molecule has 94 valence electrons. The van der Waals surface area contributed by atoms with Gasteiger partial charge in [0.1, 0.15) is 0 Å². The second-order valence-corrected chi connectivity index (χ2v) is 4.57. The van der Waals surface area contributed by atoms with Gasteiger partial charge < -0.3 is 10.6 Å². The first kappa shape index (κ1) is 13.5. The number of hydrogen-bond donors (Lipinski definition) is 2. The van der Waals surface area contributed by atoms with Crippen LogP contribution in [0.25, 0.3) is 0 Å². The van der Waals surface area contributed by atoms with Gasteiger partial charge >= 0.3 is 0 Å². The standard InChI is InChI=1S/C13H21N3O/c1-10(2)8-16-13(17)5-7-15-12-4-6-14-9-11(12)3/h4,6,9-10H,5,7-8H2,1-3H3,(H,14,15)(H,16,17).